The zero-order valence-corrected chi connectivity index (χ0v) is 53.3. The molecule has 0 N–H and O–H groups in total. The molecule has 2 fully saturated rings. The second-order valence-corrected chi connectivity index (χ2v) is 24.5. The average Bonchev–Trinajstić information content (AvgIpc) is 0.750. The van der Waals surface area contributed by atoms with Crippen molar-refractivity contribution in [2.24, 2.45) is 11.8 Å². The van der Waals surface area contributed by atoms with E-state index >= 15 is 0 Å². The minimum Gasteiger partial charge on any atom is -0.458 e. The van der Waals surface area contributed by atoms with Crippen molar-refractivity contribution in [3.8, 4) is 29.4 Å². The molecule has 0 spiro atoms. The molecule has 2 saturated heterocycles. The van der Waals surface area contributed by atoms with Crippen molar-refractivity contribution in [3.05, 3.63) is 266 Å². The van der Waals surface area contributed by atoms with Gasteiger partial charge in [0.25, 0.3) is 0 Å². The number of anilines is 2. The van der Waals surface area contributed by atoms with Crippen LogP contribution in [-0.2, 0) is 61.5 Å². The van der Waals surface area contributed by atoms with Crippen molar-refractivity contribution >= 4 is 67.8 Å². The quantitative estimate of drug-likeness (QED) is 0.00930. The molecule has 478 valence electrons. The number of halogens is 6. The van der Waals surface area contributed by atoms with Gasteiger partial charge in [-0.1, -0.05) is 133 Å². The van der Waals surface area contributed by atoms with E-state index < -0.39 is 63.3 Å². The van der Waals surface area contributed by atoms with Crippen LogP contribution in [0, 0.1) is 50.7 Å². The molecule has 13 nitrogen and oxygen atoms in total. The highest BCUT2D eigenvalue weighted by molar-refractivity contribution is 14.1. The van der Waals surface area contributed by atoms with Gasteiger partial charge in [0.05, 0.1) is 37.1 Å². The third-order valence-corrected chi connectivity index (χ3v) is 17.0. The third-order valence-electron chi connectivity index (χ3n) is 15.3. The lowest BCUT2D eigenvalue weighted by Gasteiger charge is -2.48. The molecule has 2 aliphatic heterocycles. The fraction of sp³-hybridized carbons (Fsp3) is 0.233. The van der Waals surface area contributed by atoms with E-state index in [0.29, 0.717) is 61.6 Å². The molecule has 93 heavy (non-hydrogen) atoms. The number of carbonyl (C=O) groups excluding carboxylic acids is 4. The second-order valence-electron chi connectivity index (χ2n) is 21.7. The number of β-lactam (4-membered cyclic amide) rings is 2. The van der Waals surface area contributed by atoms with Crippen LogP contribution in [0.1, 0.15) is 108 Å². The van der Waals surface area contributed by atoms with Crippen molar-refractivity contribution < 1.29 is 72.7 Å². The number of hydrogen-bond donors (Lipinski definition) is 0. The van der Waals surface area contributed by atoms with Gasteiger partial charge in [0.15, 0.2) is 0 Å². The number of alkyl halides is 3. The Morgan fingerprint density at radius 3 is 1.29 bits per heavy atom. The first-order valence-electron chi connectivity index (χ1n) is 29.5. The topological polar surface area (TPSA) is 155 Å². The summed E-state index contributed by atoms with van der Waals surface area (Å²) in [6, 6.07) is 58.2. The van der Waals surface area contributed by atoms with Gasteiger partial charge < -0.3 is 32.9 Å². The molecule has 6 atom stereocenters. The third kappa shape index (κ3) is 18.5. The van der Waals surface area contributed by atoms with Gasteiger partial charge in [0.2, 0.25) is 11.8 Å². The van der Waals surface area contributed by atoms with Gasteiger partial charge in [-0.15, -0.1) is 0 Å². The first-order valence-corrected chi connectivity index (χ1v) is 32.0. The van der Waals surface area contributed by atoms with E-state index in [-0.39, 0.29) is 42.4 Å². The van der Waals surface area contributed by atoms with E-state index in [1.165, 1.54) is 62.4 Å². The second kappa shape index (κ2) is 31.9. The zero-order valence-electron chi connectivity index (χ0n) is 50.3. The molecule has 0 bridgehead atoms. The van der Waals surface area contributed by atoms with E-state index in [0.717, 1.165) is 49.2 Å². The minimum atomic E-state index is -5.84. The first-order chi connectivity index (χ1) is 44.7. The summed E-state index contributed by atoms with van der Waals surface area (Å²) in [7, 11) is -5.84. The van der Waals surface area contributed by atoms with Crippen molar-refractivity contribution in [3.63, 3.8) is 0 Å². The SMILES string of the molecule is CC(=O)O[C@@H](CCC1C(=O)N(c2ccc(I)cc2)[C@@H]1c1ccc(OS(=O)(=O)C(F)(F)F)cc1)c1ccc(F)cc1.CC(=O)O[C@@H](CC[C@H]1C(=O)N(c2ccc(C#CCOCc3ccccc3)cc2)[C@@H]1c1ccc(C#CCOCc2ccccc2)cc1)c1ccc(F)cc1. The Balaban J connectivity index is 0.000000228. The van der Waals surface area contributed by atoms with Gasteiger partial charge in [-0.3, -0.25) is 19.2 Å². The van der Waals surface area contributed by atoms with Crippen LogP contribution in [0.3, 0.4) is 0 Å². The smallest absolute Gasteiger partial charge is 0.458 e. The van der Waals surface area contributed by atoms with E-state index in [1.807, 2.05) is 126 Å². The van der Waals surface area contributed by atoms with E-state index in [4.69, 9.17) is 18.9 Å². The molecule has 0 aliphatic carbocycles. The highest BCUT2D eigenvalue weighted by atomic mass is 127. The Hall–Kier alpha value is -9.19. The van der Waals surface area contributed by atoms with E-state index in [9.17, 15) is 49.5 Å². The van der Waals surface area contributed by atoms with Crippen LogP contribution in [0.2, 0.25) is 0 Å². The van der Waals surface area contributed by atoms with E-state index in [2.05, 4.69) is 50.5 Å². The maximum absolute atomic E-state index is 13.9. The fourth-order valence-electron chi connectivity index (χ4n) is 10.8. The lowest BCUT2D eigenvalue weighted by atomic mass is 9.78. The van der Waals surface area contributed by atoms with Crippen LogP contribution in [-0.4, -0.2) is 50.9 Å². The molecular weight excluding hydrogens is 1330 g/mol. The Kier molecular flexibility index (Phi) is 23.4. The molecule has 10 rings (SSSR count). The molecule has 0 aromatic heterocycles. The largest absolute Gasteiger partial charge is 0.534 e. The molecule has 2 amide bonds. The molecule has 2 heterocycles. The maximum Gasteiger partial charge on any atom is 0.534 e. The number of carbonyl (C=O) groups is 4. The fourth-order valence-corrected chi connectivity index (χ4v) is 11.7. The molecular formula is C73H62F5IN2O11S. The summed E-state index contributed by atoms with van der Waals surface area (Å²) in [6.07, 6.45) is 0.0279. The van der Waals surface area contributed by atoms with Crippen LogP contribution in [0.4, 0.5) is 33.3 Å². The van der Waals surface area contributed by atoms with Crippen molar-refractivity contribution in [1.82, 2.24) is 0 Å². The number of rotatable bonds is 22. The van der Waals surface area contributed by atoms with E-state index in [1.54, 1.807) is 29.2 Å². The summed E-state index contributed by atoms with van der Waals surface area (Å²) in [5.74, 6) is 8.90. The van der Waals surface area contributed by atoms with Crippen LogP contribution >= 0.6 is 22.6 Å². The first kappa shape index (κ1) is 68.2. The Morgan fingerprint density at radius 2 is 0.903 bits per heavy atom. The van der Waals surface area contributed by atoms with Gasteiger partial charge in [0, 0.05) is 39.9 Å². The van der Waals surface area contributed by atoms with Crippen LogP contribution in [0.25, 0.3) is 0 Å². The highest BCUT2D eigenvalue weighted by Gasteiger charge is 2.51. The van der Waals surface area contributed by atoms with Crippen LogP contribution in [0.15, 0.2) is 206 Å². The van der Waals surface area contributed by atoms with Gasteiger partial charge >= 0.3 is 27.6 Å². The van der Waals surface area contributed by atoms with Gasteiger partial charge in [-0.05, 0) is 179 Å². The number of nitrogens with zero attached hydrogens (tertiary/aromatic N) is 2. The summed E-state index contributed by atoms with van der Waals surface area (Å²) in [5.41, 5.74) is 2.36. The standard InChI is InChI=1S/C46H40FNO5.C27H22F4INO6S/c1-34(49)53-44(39-22-24-41(47)25-23-39)29-28-43-45(40-20-16-35(17-21-40)14-8-30-51-32-37-10-4-2-5-11-37)48(46(43)50)42-26-18-36(19-27-42)15-9-31-52-33-38-12-6-3-7-13-38;1-16(34)38-24(17-2-6-19(28)7-3-17)15-14-23-25(33(26(23)35)21-10-8-20(32)9-11-21)18-4-12-22(13-5-18)39-40(36,37)27(29,30)31/h2-7,10-13,16-27,43-45H,28-33H2,1H3;2-13,23-25H,14-15H2,1H3/t43-,44+,45-;23?,24-,25+/m10/s1. The molecule has 2 aliphatic rings. The van der Waals surface area contributed by atoms with Gasteiger partial charge in [-0.2, -0.15) is 21.6 Å². The minimum absolute atomic E-state index is 0.0248. The predicted molar refractivity (Wildman–Crippen MR) is 348 cm³/mol. The Morgan fingerprint density at radius 1 is 0.527 bits per heavy atom. The molecule has 20 heteroatoms. The number of ether oxygens (including phenoxy) is 4. The summed E-state index contributed by atoms with van der Waals surface area (Å²) in [5, 5.41) is 0. The Bertz CT molecular complexity index is 4090. The molecule has 1 unspecified atom stereocenters. The van der Waals surface area contributed by atoms with Crippen molar-refractivity contribution in [2.75, 3.05) is 23.0 Å². The molecule has 8 aromatic rings. The van der Waals surface area contributed by atoms with Crippen molar-refractivity contribution in [1.29, 1.82) is 0 Å². The number of hydrogen-bond acceptors (Lipinski definition) is 11. The lowest BCUT2D eigenvalue weighted by molar-refractivity contribution is -0.148. The number of esters is 2. The highest BCUT2D eigenvalue weighted by Crippen LogP contribution is 2.49. The summed E-state index contributed by atoms with van der Waals surface area (Å²) >= 11 is 2.12. The maximum atomic E-state index is 13.9. The number of amides is 2. The molecule has 0 saturated carbocycles. The molecule has 8 aromatic carbocycles. The summed E-state index contributed by atoms with van der Waals surface area (Å²) in [4.78, 5) is 54.3. The zero-order chi connectivity index (χ0) is 66.1. The summed E-state index contributed by atoms with van der Waals surface area (Å²) in [6.45, 7) is 4.20. The number of benzene rings is 8. The normalized spacial score (nSPS) is 16.5. The van der Waals surface area contributed by atoms with Gasteiger partial charge in [0.1, 0.15) is 42.8 Å². The molecule has 0 radical (unpaired) electrons. The monoisotopic (exact) mass is 1400 g/mol. The Labute approximate surface area is 550 Å². The van der Waals surface area contributed by atoms with Gasteiger partial charge in [-0.25, -0.2) is 8.78 Å². The summed E-state index contributed by atoms with van der Waals surface area (Å²) < 4.78 is 116. The average molecular weight is 1400 g/mol. The van der Waals surface area contributed by atoms with Crippen LogP contribution < -0.4 is 14.0 Å². The predicted octanol–water partition coefficient (Wildman–Crippen LogP) is 15.2. The van der Waals surface area contributed by atoms with Crippen molar-refractivity contribution in [2.45, 2.75) is 82.5 Å². The van der Waals surface area contributed by atoms with Crippen LogP contribution in [0.5, 0.6) is 5.75 Å². The lowest BCUT2D eigenvalue weighted by Crippen LogP contribution is -2.55.